The summed E-state index contributed by atoms with van der Waals surface area (Å²) in [7, 11) is 1.82. The van der Waals surface area contributed by atoms with Gasteiger partial charge in [0.25, 0.3) is 0 Å². The minimum Gasteiger partial charge on any atom is -0.373 e. The Labute approximate surface area is 125 Å². The fourth-order valence-corrected chi connectivity index (χ4v) is 2.01. The number of benzene rings is 1. The number of nitrogens with two attached hydrogens (primary N) is 1. The van der Waals surface area contributed by atoms with Crippen LogP contribution in [0.4, 0.5) is 10.2 Å². The minimum atomic E-state index is -0.220. The van der Waals surface area contributed by atoms with Crippen LogP contribution in [-0.2, 0) is 13.1 Å². The van der Waals surface area contributed by atoms with Gasteiger partial charge in [-0.2, -0.15) is 5.10 Å². The number of rotatable bonds is 4. The third kappa shape index (κ3) is 4.16. The Bertz CT molecular complexity index is 590. The predicted molar refractivity (Wildman–Crippen MR) is 85.8 cm³/mol. The van der Waals surface area contributed by atoms with Crippen molar-refractivity contribution in [2.45, 2.75) is 26.9 Å². The molecule has 3 N–H and O–H groups in total. The van der Waals surface area contributed by atoms with Crippen molar-refractivity contribution >= 4 is 5.82 Å². The van der Waals surface area contributed by atoms with E-state index in [0.717, 1.165) is 17.1 Å². The maximum absolute atomic E-state index is 13.6. The molecule has 0 bridgehead atoms. The molecule has 0 unspecified atom stereocenters. The van der Waals surface area contributed by atoms with Gasteiger partial charge in [0.05, 0.1) is 12.2 Å². The van der Waals surface area contributed by atoms with Gasteiger partial charge in [-0.3, -0.25) is 0 Å². The van der Waals surface area contributed by atoms with Crippen LogP contribution in [0.2, 0.25) is 0 Å². The summed E-state index contributed by atoms with van der Waals surface area (Å²) in [6.45, 7) is 7.98. The molecule has 0 amide bonds. The summed E-state index contributed by atoms with van der Waals surface area (Å²) in [5.74, 6) is 0.653. The van der Waals surface area contributed by atoms with Gasteiger partial charge in [-0.1, -0.05) is 24.3 Å². The standard InChI is InChI=1S/C13H17FN4.C3H6/c1-9-12(7-15)17-18(13(9)16-2)8-10-5-3-4-6-11(10)14;1-3-2/h3-6,16H,7-8,15H2,1-2H3;3H,1H2,2H3. The summed E-state index contributed by atoms with van der Waals surface area (Å²) in [4.78, 5) is 0. The lowest BCUT2D eigenvalue weighted by molar-refractivity contribution is 0.585. The normalized spacial score (nSPS) is 9.76. The maximum Gasteiger partial charge on any atom is 0.128 e. The monoisotopic (exact) mass is 290 g/mol. The van der Waals surface area contributed by atoms with Crippen LogP contribution >= 0.6 is 0 Å². The molecule has 4 nitrogen and oxygen atoms in total. The first kappa shape index (κ1) is 16.9. The van der Waals surface area contributed by atoms with E-state index >= 15 is 0 Å². The molecule has 0 saturated heterocycles. The Kier molecular flexibility index (Phi) is 6.62. The lowest BCUT2D eigenvalue weighted by Gasteiger charge is -2.08. The molecular formula is C16H23FN4. The van der Waals surface area contributed by atoms with Crippen LogP contribution in [0.25, 0.3) is 0 Å². The van der Waals surface area contributed by atoms with Gasteiger partial charge in [0.1, 0.15) is 11.6 Å². The van der Waals surface area contributed by atoms with Crippen molar-refractivity contribution < 1.29 is 4.39 Å². The van der Waals surface area contributed by atoms with E-state index < -0.39 is 0 Å². The van der Waals surface area contributed by atoms with Gasteiger partial charge < -0.3 is 11.1 Å². The fourth-order valence-electron chi connectivity index (χ4n) is 2.01. The number of nitrogens with one attached hydrogen (secondary N) is 1. The van der Waals surface area contributed by atoms with Gasteiger partial charge in [0.15, 0.2) is 0 Å². The predicted octanol–water partition coefficient (Wildman–Crippen LogP) is 3.07. The summed E-state index contributed by atoms with van der Waals surface area (Å²) < 4.78 is 15.4. The Morgan fingerprint density at radius 2 is 2.05 bits per heavy atom. The molecule has 1 aromatic heterocycles. The molecule has 1 heterocycles. The molecule has 0 aliphatic heterocycles. The fraction of sp³-hybridized carbons (Fsp3) is 0.312. The highest BCUT2D eigenvalue weighted by atomic mass is 19.1. The van der Waals surface area contributed by atoms with Crippen molar-refractivity contribution in [3.05, 3.63) is 59.6 Å². The van der Waals surface area contributed by atoms with Crippen LogP contribution in [0.3, 0.4) is 0 Å². The molecule has 5 heteroatoms. The second-order valence-electron chi connectivity index (χ2n) is 4.53. The summed E-state index contributed by atoms with van der Waals surface area (Å²) in [5.41, 5.74) is 8.08. The molecular weight excluding hydrogens is 267 g/mol. The van der Waals surface area contributed by atoms with Gasteiger partial charge in [0, 0.05) is 24.7 Å². The van der Waals surface area contributed by atoms with Crippen molar-refractivity contribution in [2.75, 3.05) is 12.4 Å². The van der Waals surface area contributed by atoms with E-state index in [0.29, 0.717) is 18.7 Å². The van der Waals surface area contributed by atoms with E-state index in [-0.39, 0.29) is 5.82 Å². The van der Waals surface area contributed by atoms with Gasteiger partial charge in [0.2, 0.25) is 0 Å². The molecule has 2 aromatic rings. The topological polar surface area (TPSA) is 55.9 Å². The van der Waals surface area contributed by atoms with Crippen LogP contribution in [0.5, 0.6) is 0 Å². The molecule has 0 radical (unpaired) electrons. The van der Waals surface area contributed by atoms with Crippen molar-refractivity contribution in [1.82, 2.24) is 9.78 Å². The summed E-state index contributed by atoms with van der Waals surface area (Å²) in [6, 6.07) is 6.71. The van der Waals surface area contributed by atoms with E-state index in [1.54, 1.807) is 22.9 Å². The summed E-state index contributed by atoms with van der Waals surface area (Å²) >= 11 is 0. The molecule has 0 saturated carbocycles. The number of allylic oxidation sites excluding steroid dienone is 1. The smallest absolute Gasteiger partial charge is 0.128 e. The van der Waals surface area contributed by atoms with E-state index in [4.69, 9.17) is 5.73 Å². The highest BCUT2D eigenvalue weighted by Crippen LogP contribution is 2.20. The summed E-state index contributed by atoms with van der Waals surface area (Å²) in [5, 5.41) is 7.48. The molecule has 0 fully saturated rings. The third-order valence-electron chi connectivity index (χ3n) is 3.00. The first-order chi connectivity index (χ1) is 10.1. The van der Waals surface area contributed by atoms with Gasteiger partial charge >= 0.3 is 0 Å². The quantitative estimate of drug-likeness (QED) is 0.851. The van der Waals surface area contributed by atoms with Crippen LogP contribution in [0.1, 0.15) is 23.7 Å². The van der Waals surface area contributed by atoms with Crippen LogP contribution in [0, 0.1) is 12.7 Å². The van der Waals surface area contributed by atoms with Crippen LogP contribution in [0.15, 0.2) is 36.9 Å². The Morgan fingerprint density at radius 1 is 1.43 bits per heavy atom. The largest absolute Gasteiger partial charge is 0.373 e. The zero-order chi connectivity index (χ0) is 15.8. The zero-order valence-electron chi connectivity index (χ0n) is 12.9. The van der Waals surface area contributed by atoms with E-state index in [1.165, 1.54) is 6.07 Å². The number of halogens is 1. The van der Waals surface area contributed by atoms with Gasteiger partial charge in [-0.05, 0) is 19.9 Å². The zero-order valence-corrected chi connectivity index (χ0v) is 12.9. The molecule has 0 aliphatic rings. The van der Waals surface area contributed by atoms with Gasteiger partial charge in [-0.25, -0.2) is 9.07 Å². The molecule has 0 atom stereocenters. The molecule has 1 aromatic carbocycles. The third-order valence-corrected chi connectivity index (χ3v) is 3.00. The Balaban J connectivity index is 0.000000677. The number of hydrogen-bond donors (Lipinski definition) is 2. The van der Waals surface area contributed by atoms with Crippen molar-refractivity contribution in [1.29, 1.82) is 0 Å². The minimum absolute atomic E-state index is 0.220. The summed E-state index contributed by atoms with van der Waals surface area (Å²) in [6.07, 6.45) is 1.75. The Hall–Kier alpha value is -2.14. The lowest BCUT2D eigenvalue weighted by atomic mass is 10.2. The highest BCUT2D eigenvalue weighted by Gasteiger charge is 2.13. The molecule has 0 spiro atoms. The van der Waals surface area contributed by atoms with E-state index in [1.807, 2.05) is 27.0 Å². The second-order valence-corrected chi connectivity index (χ2v) is 4.53. The van der Waals surface area contributed by atoms with Crippen LogP contribution in [-0.4, -0.2) is 16.8 Å². The number of anilines is 1. The molecule has 2 rings (SSSR count). The number of hydrogen-bond acceptors (Lipinski definition) is 3. The SMILES string of the molecule is C=CC.CNc1c(C)c(CN)nn1Cc1ccccc1F. The molecule has 21 heavy (non-hydrogen) atoms. The first-order valence-corrected chi connectivity index (χ1v) is 6.83. The van der Waals surface area contributed by atoms with Crippen molar-refractivity contribution in [3.63, 3.8) is 0 Å². The second kappa shape index (κ2) is 8.21. The van der Waals surface area contributed by atoms with E-state index in [9.17, 15) is 4.39 Å². The van der Waals surface area contributed by atoms with Crippen LogP contribution < -0.4 is 11.1 Å². The maximum atomic E-state index is 13.6. The average Bonchev–Trinajstić information content (AvgIpc) is 2.77. The van der Waals surface area contributed by atoms with Crippen molar-refractivity contribution in [2.24, 2.45) is 5.73 Å². The number of aromatic nitrogens is 2. The molecule has 114 valence electrons. The Morgan fingerprint density at radius 3 is 2.57 bits per heavy atom. The van der Waals surface area contributed by atoms with Crippen molar-refractivity contribution in [3.8, 4) is 0 Å². The lowest BCUT2D eigenvalue weighted by Crippen LogP contribution is -2.08. The van der Waals surface area contributed by atoms with E-state index in [2.05, 4.69) is 17.0 Å². The average molecular weight is 290 g/mol. The number of nitrogens with zero attached hydrogens (tertiary/aromatic N) is 2. The highest BCUT2D eigenvalue weighted by molar-refractivity contribution is 5.47. The van der Waals surface area contributed by atoms with Gasteiger partial charge in [-0.15, -0.1) is 6.58 Å². The first-order valence-electron chi connectivity index (χ1n) is 6.83. The molecule has 0 aliphatic carbocycles.